The number of ether oxygens (including phenoxy) is 1. The summed E-state index contributed by atoms with van der Waals surface area (Å²) in [5.74, 6) is -1.02. The van der Waals surface area contributed by atoms with Crippen LogP contribution in [0.25, 0.3) is 0 Å². The molecule has 8 heteroatoms. The maximum Gasteiger partial charge on any atom is 0.338 e. The zero-order valence-corrected chi connectivity index (χ0v) is 12.7. The van der Waals surface area contributed by atoms with Gasteiger partial charge in [0.05, 0.1) is 17.1 Å². The normalized spacial score (nSPS) is 11.0. The Balaban J connectivity index is 3.21. The quantitative estimate of drug-likeness (QED) is 0.741. The number of nitrogens with one attached hydrogen (secondary N) is 1. The van der Waals surface area contributed by atoms with Gasteiger partial charge in [0.15, 0.2) is 9.84 Å². The van der Waals surface area contributed by atoms with E-state index in [2.05, 4.69) is 5.32 Å². The Kier molecular flexibility index (Phi) is 5.86. The van der Waals surface area contributed by atoms with Crippen LogP contribution in [-0.4, -0.2) is 39.7 Å². The smallest absolute Gasteiger partial charge is 0.338 e. The summed E-state index contributed by atoms with van der Waals surface area (Å²) in [6.07, 6.45) is 1.11. The predicted octanol–water partition coefficient (Wildman–Crippen LogP) is 0.554. The summed E-state index contributed by atoms with van der Waals surface area (Å²) < 4.78 is 28.1. The van der Waals surface area contributed by atoms with Crippen molar-refractivity contribution in [3.8, 4) is 0 Å². The second-order valence-corrected chi connectivity index (χ2v) is 6.34. The SMILES string of the molecule is CCOC(=O)c1cc(NC(=O)CCN)cc(S(C)(=O)=O)c1. The van der Waals surface area contributed by atoms with Gasteiger partial charge in [0.1, 0.15) is 0 Å². The lowest BCUT2D eigenvalue weighted by atomic mass is 10.2. The molecule has 0 unspecified atom stereocenters. The number of sulfone groups is 1. The third-order valence-electron chi connectivity index (χ3n) is 2.50. The van der Waals surface area contributed by atoms with Crippen molar-refractivity contribution in [2.24, 2.45) is 5.73 Å². The molecule has 1 amide bonds. The lowest BCUT2D eigenvalue weighted by Gasteiger charge is -2.09. The van der Waals surface area contributed by atoms with Gasteiger partial charge in [-0.3, -0.25) is 4.79 Å². The molecule has 0 aliphatic rings. The lowest BCUT2D eigenvalue weighted by molar-refractivity contribution is -0.116. The molecule has 0 atom stereocenters. The van der Waals surface area contributed by atoms with Crippen LogP contribution < -0.4 is 11.1 Å². The molecular weight excluding hydrogens is 296 g/mol. The van der Waals surface area contributed by atoms with Gasteiger partial charge in [-0.15, -0.1) is 0 Å². The summed E-state index contributed by atoms with van der Waals surface area (Å²) in [5.41, 5.74) is 5.54. The van der Waals surface area contributed by atoms with Crippen molar-refractivity contribution < 1.29 is 22.7 Å². The number of esters is 1. The molecule has 0 fully saturated rings. The van der Waals surface area contributed by atoms with Crippen LogP contribution in [0.5, 0.6) is 0 Å². The first kappa shape index (κ1) is 17.1. The molecule has 7 nitrogen and oxygen atoms in total. The summed E-state index contributed by atoms with van der Waals surface area (Å²) in [7, 11) is -3.53. The fourth-order valence-electron chi connectivity index (χ4n) is 1.57. The van der Waals surface area contributed by atoms with E-state index in [4.69, 9.17) is 10.5 Å². The number of hydrogen-bond donors (Lipinski definition) is 2. The number of nitrogens with two attached hydrogens (primary N) is 1. The maximum absolute atomic E-state index is 11.7. The van der Waals surface area contributed by atoms with Gasteiger partial charge in [-0.05, 0) is 25.1 Å². The number of anilines is 1. The summed E-state index contributed by atoms with van der Waals surface area (Å²) >= 11 is 0. The minimum atomic E-state index is -3.53. The van der Waals surface area contributed by atoms with Crippen LogP contribution in [0.1, 0.15) is 23.7 Å². The second kappa shape index (κ2) is 7.19. The average Bonchev–Trinajstić information content (AvgIpc) is 2.37. The van der Waals surface area contributed by atoms with E-state index in [1.807, 2.05) is 0 Å². The number of rotatable bonds is 6. The summed E-state index contributed by atoms with van der Waals surface area (Å²) in [4.78, 5) is 23.2. The highest BCUT2D eigenvalue weighted by molar-refractivity contribution is 7.90. The van der Waals surface area contributed by atoms with E-state index >= 15 is 0 Å². The molecule has 0 aromatic heterocycles. The molecule has 0 spiro atoms. The summed E-state index contributed by atoms with van der Waals surface area (Å²) in [5, 5.41) is 2.50. The zero-order valence-electron chi connectivity index (χ0n) is 11.9. The molecule has 0 bridgehead atoms. The third-order valence-corrected chi connectivity index (χ3v) is 3.59. The van der Waals surface area contributed by atoms with E-state index in [1.54, 1.807) is 6.92 Å². The number of hydrogen-bond acceptors (Lipinski definition) is 6. The molecule has 1 aromatic rings. The number of amides is 1. The van der Waals surface area contributed by atoms with E-state index in [1.165, 1.54) is 18.2 Å². The van der Waals surface area contributed by atoms with E-state index in [0.717, 1.165) is 6.26 Å². The molecule has 0 aliphatic carbocycles. The molecule has 0 saturated heterocycles. The molecule has 0 aliphatic heterocycles. The lowest BCUT2D eigenvalue weighted by Crippen LogP contribution is -2.17. The molecule has 3 N–H and O–H groups in total. The van der Waals surface area contributed by atoms with Gasteiger partial charge in [0.2, 0.25) is 5.91 Å². The number of carbonyl (C=O) groups is 2. The van der Waals surface area contributed by atoms with Crippen LogP contribution in [0.2, 0.25) is 0 Å². The largest absolute Gasteiger partial charge is 0.462 e. The van der Waals surface area contributed by atoms with Crippen LogP contribution >= 0.6 is 0 Å². The minimum Gasteiger partial charge on any atom is -0.462 e. The highest BCUT2D eigenvalue weighted by atomic mass is 32.2. The van der Waals surface area contributed by atoms with Gasteiger partial charge in [0.25, 0.3) is 0 Å². The molecule has 21 heavy (non-hydrogen) atoms. The Morgan fingerprint density at radius 2 is 1.95 bits per heavy atom. The first-order chi connectivity index (χ1) is 9.77. The first-order valence-electron chi connectivity index (χ1n) is 6.30. The van der Waals surface area contributed by atoms with Crippen molar-refractivity contribution in [3.05, 3.63) is 23.8 Å². The Morgan fingerprint density at radius 3 is 2.48 bits per heavy atom. The van der Waals surface area contributed by atoms with E-state index in [0.29, 0.717) is 0 Å². The number of carbonyl (C=O) groups excluding carboxylic acids is 2. The average molecular weight is 314 g/mol. The van der Waals surface area contributed by atoms with Crippen molar-refractivity contribution in [2.45, 2.75) is 18.2 Å². The fraction of sp³-hybridized carbons (Fsp3) is 0.385. The van der Waals surface area contributed by atoms with Gasteiger partial charge >= 0.3 is 5.97 Å². The van der Waals surface area contributed by atoms with Crippen molar-refractivity contribution in [1.29, 1.82) is 0 Å². The second-order valence-electron chi connectivity index (χ2n) is 4.33. The highest BCUT2D eigenvalue weighted by Crippen LogP contribution is 2.20. The van der Waals surface area contributed by atoms with E-state index < -0.39 is 15.8 Å². The first-order valence-corrected chi connectivity index (χ1v) is 8.19. The Labute approximate surface area is 123 Å². The number of benzene rings is 1. The van der Waals surface area contributed by atoms with Crippen molar-refractivity contribution in [3.63, 3.8) is 0 Å². The maximum atomic E-state index is 11.7. The van der Waals surface area contributed by atoms with E-state index in [9.17, 15) is 18.0 Å². The van der Waals surface area contributed by atoms with Crippen LogP contribution in [0.4, 0.5) is 5.69 Å². The molecular formula is C13H18N2O5S. The Hall–Kier alpha value is -1.93. The van der Waals surface area contributed by atoms with Crippen LogP contribution in [0, 0.1) is 0 Å². The summed E-state index contributed by atoms with van der Waals surface area (Å²) in [6.45, 7) is 1.97. The van der Waals surface area contributed by atoms with Gasteiger partial charge in [-0.1, -0.05) is 0 Å². The Morgan fingerprint density at radius 1 is 1.29 bits per heavy atom. The zero-order chi connectivity index (χ0) is 16.0. The highest BCUT2D eigenvalue weighted by Gasteiger charge is 2.16. The van der Waals surface area contributed by atoms with Gasteiger partial charge in [-0.25, -0.2) is 13.2 Å². The Bertz CT molecular complexity index is 640. The monoisotopic (exact) mass is 314 g/mol. The molecule has 116 valence electrons. The molecule has 1 aromatic carbocycles. The molecule has 1 rings (SSSR count). The fourth-order valence-corrected chi connectivity index (χ4v) is 2.25. The predicted molar refractivity (Wildman–Crippen MR) is 77.8 cm³/mol. The summed E-state index contributed by atoms with van der Waals surface area (Å²) in [6, 6.07) is 3.86. The standard InChI is InChI=1S/C13H18N2O5S/c1-3-20-13(17)9-6-10(15-12(16)4-5-14)8-11(7-9)21(2,18)19/h6-8H,3-5,14H2,1-2H3,(H,15,16). The van der Waals surface area contributed by atoms with Crippen LogP contribution in [-0.2, 0) is 19.4 Å². The topological polar surface area (TPSA) is 116 Å². The molecule has 0 saturated carbocycles. The van der Waals surface area contributed by atoms with Gasteiger partial charge < -0.3 is 15.8 Å². The van der Waals surface area contributed by atoms with Crippen molar-refractivity contribution in [2.75, 3.05) is 24.7 Å². The third kappa shape index (κ3) is 5.16. The molecule has 0 heterocycles. The van der Waals surface area contributed by atoms with Crippen molar-refractivity contribution in [1.82, 2.24) is 0 Å². The van der Waals surface area contributed by atoms with Crippen LogP contribution in [0.15, 0.2) is 23.1 Å². The van der Waals surface area contributed by atoms with Crippen molar-refractivity contribution >= 4 is 27.4 Å². The van der Waals surface area contributed by atoms with Gasteiger partial charge in [0, 0.05) is 24.9 Å². The minimum absolute atomic E-state index is 0.0582. The van der Waals surface area contributed by atoms with Crippen LogP contribution in [0.3, 0.4) is 0 Å². The van der Waals surface area contributed by atoms with E-state index in [-0.39, 0.29) is 41.6 Å². The van der Waals surface area contributed by atoms with Gasteiger partial charge in [-0.2, -0.15) is 0 Å². The molecule has 0 radical (unpaired) electrons.